The van der Waals surface area contributed by atoms with Gasteiger partial charge in [0.05, 0.1) is 18.1 Å². The van der Waals surface area contributed by atoms with Gasteiger partial charge in [0.2, 0.25) is 5.91 Å². The van der Waals surface area contributed by atoms with Crippen LogP contribution in [0.2, 0.25) is 0 Å². The van der Waals surface area contributed by atoms with Crippen LogP contribution in [0.15, 0.2) is 10.6 Å². The van der Waals surface area contributed by atoms with Crippen LogP contribution in [0.4, 0.5) is 0 Å². The number of aliphatic carboxylic acids is 1. The van der Waals surface area contributed by atoms with Crippen molar-refractivity contribution in [2.24, 2.45) is 17.6 Å². The van der Waals surface area contributed by atoms with Crippen molar-refractivity contribution >= 4 is 23.6 Å². The first-order valence-corrected chi connectivity index (χ1v) is 10.8. The van der Waals surface area contributed by atoms with Crippen LogP contribution >= 0.6 is 11.8 Å². The van der Waals surface area contributed by atoms with Gasteiger partial charge in [0.1, 0.15) is 5.70 Å². The predicted octanol–water partition coefficient (Wildman–Crippen LogP) is 0.874. The van der Waals surface area contributed by atoms with Crippen molar-refractivity contribution in [2.75, 3.05) is 0 Å². The number of fused-ring (bicyclic) bond motifs is 1. The quantitative estimate of drug-likeness (QED) is 0.493. The molecule has 150 valence electrons. The highest BCUT2D eigenvalue weighted by Gasteiger charge is 2.60. The summed E-state index contributed by atoms with van der Waals surface area (Å²) in [6.07, 6.45) is 4.54. The van der Waals surface area contributed by atoms with Gasteiger partial charge in [0.25, 0.3) is 0 Å². The van der Waals surface area contributed by atoms with Gasteiger partial charge in [-0.1, -0.05) is 6.92 Å². The summed E-state index contributed by atoms with van der Waals surface area (Å²) >= 11 is 1.62. The van der Waals surface area contributed by atoms with Crippen LogP contribution in [0.3, 0.4) is 0 Å². The van der Waals surface area contributed by atoms with E-state index in [0.29, 0.717) is 23.4 Å². The highest BCUT2D eigenvalue weighted by Crippen LogP contribution is 2.53. The zero-order valence-electron chi connectivity index (χ0n) is 15.8. The van der Waals surface area contributed by atoms with Crippen LogP contribution in [0, 0.1) is 11.8 Å². The SMILES string of the molecule is C[C@@H](O)[C@H]1C(=O)N2C(C(=O)O)=C(S[C@H]3C[C@@H](N[C@@H]4CC[C@H](N)C4)C3)[C@H](C)[C@H]12. The average Bonchev–Trinajstić information content (AvgIpc) is 3.05. The van der Waals surface area contributed by atoms with Gasteiger partial charge in [0, 0.05) is 34.2 Å². The number of aliphatic hydroxyl groups is 1. The van der Waals surface area contributed by atoms with Crippen molar-refractivity contribution in [3.63, 3.8) is 0 Å². The third-order valence-corrected chi connectivity index (χ3v) is 8.18. The molecule has 4 aliphatic rings. The first kappa shape index (κ1) is 19.2. The summed E-state index contributed by atoms with van der Waals surface area (Å²) in [7, 11) is 0. The molecule has 1 saturated heterocycles. The number of rotatable bonds is 6. The summed E-state index contributed by atoms with van der Waals surface area (Å²) in [5, 5.41) is 23.7. The minimum Gasteiger partial charge on any atom is -0.477 e. The van der Waals surface area contributed by atoms with Crippen LogP contribution in [0.5, 0.6) is 0 Å². The topological polar surface area (TPSA) is 116 Å². The first-order valence-electron chi connectivity index (χ1n) is 9.94. The van der Waals surface area contributed by atoms with Crippen molar-refractivity contribution < 1.29 is 19.8 Å². The summed E-state index contributed by atoms with van der Waals surface area (Å²) in [6.45, 7) is 3.58. The molecule has 2 saturated carbocycles. The molecule has 0 radical (unpaired) electrons. The smallest absolute Gasteiger partial charge is 0.353 e. The van der Waals surface area contributed by atoms with Gasteiger partial charge in [-0.3, -0.25) is 4.79 Å². The number of β-lactam (4-membered cyclic amide) rings is 1. The average molecular weight is 396 g/mol. The van der Waals surface area contributed by atoms with Crippen LogP contribution < -0.4 is 11.1 Å². The van der Waals surface area contributed by atoms with Gasteiger partial charge in [-0.05, 0) is 39.0 Å². The number of carbonyl (C=O) groups excluding carboxylic acids is 1. The van der Waals surface area contributed by atoms with E-state index in [2.05, 4.69) is 5.32 Å². The Morgan fingerprint density at radius 1 is 1.30 bits per heavy atom. The Morgan fingerprint density at radius 3 is 2.56 bits per heavy atom. The highest BCUT2D eigenvalue weighted by molar-refractivity contribution is 8.03. The lowest BCUT2D eigenvalue weighted by Gasteiger charge is -2.46. The van der Waals surface area contributed by atoms with E-state index in [9.17, 15) is 19.8 Å². The molecular weight excluding hydrogens is 366 g/mol. The summed E-state index contributed by atoms with van der Waals surface area (Å²) in [6, 6.07) is 1.09. The van der Waals surface area contributed by atoms with E-state index in [4.69, 9.17) is 5.73 Å². The van der Waals surface area contributed by atoms with Gasteiger partial charge in [0.15, 0.2) is 0 Å². The number of carboxylic acids is 1. The number of amides is 1. The van der Waals surface area contributed by atoms with Crippen LogP contribution in [0.1, 0.15) is 46.0 Å². The van der Waals surface area contributed by atoms with Crippen molar-refractivity contribution in [2.45, 2.75) is 81.5 Å². The molecule has 2 heterocycles. The Kier molecular flexibility index (Phi) is 5.03. The first-order chi connectivity index (χ1) is 12.8. The molecule has 3 fully saturated rings. The predicted molar refractivity (Wildman–Crippen MR) is 103 cm³/mol. The molecule has 0 aromatic rings. The normalized spacial score (nSPS) is 42.0. The Hall–Kier alpha value is -1.09. The van der Waals surface area contributed by atoms with Crippen LogP contribution in [-0.2, 0) is 9.59 Å². The molecule has 27 heavy (non-hydrogen) atoms. The Balaban J connectivity index is 1.39. The second-order valence-electron chi connectivity index (χ2n) is 8.62. The number of nitrogens with zero attached hydrogens (tertiary/aromatic N) is 1. The molecular formula is C19H29N3O4S. The largest absolute Gasteiger partial charge is 0.477 e. The maximum Gasteiger partial charge on any atom is 0.353 e. The molecule has 0 spiro atoms. The third-order valence-electron chi connectivity index (χ3n) is 6.64. The fourth-order valence-electron chi connectivity index (χ4n) is 5.16. The molecule has 2 aliphatic carbocycles. The molecule has 6 atom stereocenters. The molecule has 8 heteroatoms. The summed E-state index contributed by atoms with van der Waals surface area (Å²) in [5.74, 6) is -1.84. The fourth-order valence-corrected chi connectivity index (χ4v) is 6.82. The number of carboxylic acid groups (broad SMARTS) is 1. The van der Waals surface area contributed by atoms with Crippen molar-refractivity contribution in [1.29, 1.82) is 0 Å². The van der Waals surface area contributed by atoms with E-state index in [1.165, 1.54) is 4.90 Å². The standard InChI is InChI=1S/C19H29N3O4S/c1-8-15-14(9(2)23)18(24)22(15)16(19(25)26)17(8)27-13-6-12(7-13)21-11-4-3-10(20)5-11/h8-15,21,23H,3-7,20H2,1-2H3,(H,25,26)/t8-,9-,10+,11-,12-,13+,14-,15-/m1/s1. The second kappa shape index (κ2) is 7.06. The molecule has 2 aliphatic heterocycles. The van der Waals surface area contributed by atoms with E-state index in [-0.39, 0.29) is 23.6 Å². The van der Waals surface area contributed by atoms with Gasteiger partial charge in [-0.15, -0.1) is 11.8 Å². The highest BCUT2D eigenvalue weighted by atomic mass is 32.2. The number of hydrogen-bond donors (Lipinski definition) is 4. The van der Waals surface area contributed by atoms with Gasteiger partial charge in [-0.2, -0.15) is 0 Å². The van der Waals surface area contributed by atoms with Gasteiger partial charge < -0.3 is 26.2 Å². The van der Waals surface area contributed by atoms with Crippen LogP contribution in [-0.4, -0.2) is 62.5 Å². The molecule has 0 aromatic heterocycles. The van der Waals surface area contributed by atoms with Crippen molar-refractivity contribution in [3.8, 4) is 0 Å². The number of aliphatic hydroxyl groups excluding tert-OH is 1. The van der Waals surface area contributed by atoms with Crippen molar-refractivity contribution in [1.82, 2.24) is 10.2 Å². The lowest BCUT2D eigenvalue weighted by atomic mass is 9.79. The third kappa shape index (κ3) is 3.20. The number of thioether (sulfide) groups is 1. The maximum atomic E-state index is 12.4. The Labute approximate surface area is 163 Å². The number of carbonyl (C=O) groups is 2. The molecule has 0 bridgehead atoms. The molecule has 0 unspecified atom stereocenters. The second-order valence-corrected chi connectivity index (χ2v) is 9.96. The van der Waals surface area contributed by atoms with E-state index in [1.807, 2.05) is 6.92 Å². The van der Waals surface area contributed by atoms with Crippen LogP contribution in [0.25, 0.3) is 0 Å². The molecule has 4 rings (SSSR count). The van der Waals surface area contributed by atoms with E-state index in [0.717, 1.165) is 37.0 Å². The Bertz CT molecular complexity index is 676. The zero-order chi connectivity index (χ0) is 19.5. The van der Waals surface area contributed by atoms with E-state index >= 15 is 0 Å². The maximum absolute atomic E-state index is 12.4. The lowest BCUT2D eigenvalue weighted by molar-refractivity contribution is -0.163. The minimum absolute atomic E-state index is 0.0433. The molecule has 5 N–H and O–H groups in total. The monoisotopic (exact) mass is 395 g/mol. The summed E-state index contributed by atoms with van der Waals surface area (Å²) < 4.78 is 0. The summed E-state index contributed by atoms with van der Waals surface area (Å²) in [4.78, 5) is 26.4. The molecule has 1 amide bonds. The molecule has 0 aromatic carbocycles. The lowest BCUT2D eigenvalue weighted by Crippen LogP contribution is -2.63. The van der Waals surface area contributed by atoms with Gasteiger partial charge in [-0.25, -0.2) is 4.79 Å². The number of nitrogens with two attached hydrogens (primary N) is 1. The minimum atomic E-state index is -1.04. The molecule has 7 nitrogen and oxygen atoms in total. The number of hydrogen-bond acceptors (Lipinski definition) is 6. The van der Waals surface area contributed by atoms with E-state index in [1.54, 1.807) is 18.7 Å². The van der Waals surface area contributed by atoms with Gasteiger partial charge >= 0.3 is 5.97 Å². The Morgan fingerprint density at radius 2 is 2.00 bits per heavy atom. The number of nitrogens with one attached hydrogen (secondary N) is 1. The summed E-state index contributed by atoms with van der Waals surface area (Å²) in [5.41, 5.74) is 6.11. The zero-order valence-corrected chi connectivity index (χ0v) is 16.6. The fraction of sp³-hybridized carbons (Fsp3) is 0.789. The van der Waals surface area contributed by atoms with E-state index < -0.39 is 18.0 Å². The van der Waals surface area contributed by atoms with Crippen molar-refractivity contribution in [3.05, 3.63) is 10.6 Å².